The third-order valence-electron chi connectivity index (χ3n) is 6.34. The fourth-order valence-corrected chi connectivity index (χ4v) is 4.37. The monoisotopic (exact) mass is 542 g/mol. The molecule has 2 amide bonds. The van der Waals surface area contributed by atoms with Crippen molar-refractivity contribution in [2.75, 3.05) is 23.9 Å². The minimum absolute atomic E-state index is 0.107. The van der Waals surface area contributed by atoms with Crippen molar-refractivity contribution in [3.05, 3.63) is 92.5 Å². The Hall–Kier alpha value is -4.94. The molecule has 0 atom stereocenters. The van der Waals surface area contributed by atoms with E-state index in [1.807, 2.05) is 12.1 Å². The Bertz CT molecular complexity index is 1810. The molecule has 0 saturated heterocycles. The zero-order valence-corrected chi connectivity index (χ0v) is 20.3. The summed E-state index contributed by atoms with van der Waals surface area (Å²) in [5, 5.41) is 3.98. The van der Waals surface area contributed by atoms with E-state index >= 15 is 4.39 Å². The average Bonchev–Trinajstić information content (AvgIpc) is 2.88. The van der Waals surface area contributed by atoms with Crippen LogP contribution in [0.25, 0.3) is 16.5 Å². The van der Waals surface area contributed by atoms with Gasteiger partial charge in [0.1, 0.15) is 22.8 Å². The fraction of sp³-hybridized carbons (Fsp3) is 0.154. The first-order chi connectivity index (χ1) is 18.4. The van der Waals surface area contributed by atoms with E-state index in [0.717, 1.165) is 23.4 Å². The predicted molar refractivity (Wildman–Crippen MR) is 133 cm³/mol. The van der Waals surface area contributed by atoms with Crippen LogP contribution in [0.2, 0.25) is 0 Å². The van der Waals surface area contributed by atoms with Gasteiger partial charge < -0.3 is 15.0 Å². The maximum atomic E-state index is 15.6. The quantitative estimate of drug-likeness (QED) is 0.400. The van der Waals surface area contributed by atoms with Gasteiger partial charge in [0.15, 0.2) is 12.4 Å². The van der Waals surface area contributed by atoms with Crippen molar-refractivity contribution >= 4 is 34.0 Å². The number of fused-ring (bicyclic) bond motifs is 2. The zero-order chi connectivity index (χ0) is 28.2. The van der Waals surface area contributed by atoms with Crippen molar-refractivity contribution < 1.29 is 31.9 Å². The lowest BCUT2D eigenvalue weighted by atomic mass is 10.1. The smallest absolute Gasteiger partial charge is 0.431 e. The maximum Gasteiger partial charge on any atom is 0.431 e. The summed E-state index contributed by atoms with van der Waals surface area (Å²) in [7, 11) is 2.06. The lowest BCUT2D eigenvalue weighted by Crippen LogP contribution is -2.42. The SMILES string of the molecule is CN1C(=O)COc2cc(F)c(-n3c(=O)cc(C(F)(F)F)n(C)c3=O)c(NC(=O)c3ccc4ccccc4c3)c21. The molecule has 1 N–H and O–H groups in total. The molecule has 1 aliphatic rings. The molecule has 9 nitrogen and oxygen atoms in total. The molecule has 2 heterocycles. The second-order valence-corrected chi connectivity index (χ2v) is 8.73. The van der Waals surface area contributed by atoms with Crippen LogP contribution in [-0.2, 0) is 18.0 Å². The van der Waals surface area contributed by atoms with E-state index in [1.54, 1.807) is 24.3 Å². The van der Waals surface area contributed by atoms with Crippen molar-refractivity contribution in [1.29, 1.82) is 0 Å². The third kappa shape index (κ3) is 4.31. The van der Waals surface area contributed by atoms with Crippen molar-refractivity contribution in [1.82, 2.24) is 9.13 Å². The molecule has 0 radical (unpaired) electrons. The number of benzene rings is 3. The van der Waals surface area contributed by atoms with Crippen LogP contribution in [0.1, 0.15) is 16.1 Å². The largest absolute Gasteiger partial charge is 0.481 e. The normalized spacial score (nSPS) is 13.3. The number of halogens is 4. The van der Waals surface area contributed by atoms with Crippen molar-refractivity contribution in [2.24, 2.45) is 7.05 Å². The lowest BCUT2D eigenvalue weighted by Gasteiger charge is -2.30. The first kappa shape index (κ1) is 25.7. The number of ether oxygens (including phenoxy) is 1. The summed E-state index contributed by atoms with van der Waals surface area (Å²) >= 11 is 0. The van der Waals surface area contributed by atoms with Gasteiger partial charge in [0.05, 0.1) is 5.69 Å². The summed E-state index contributed by atoms with van der Waals surface area (Å²) in [6, 6.07) is 12.8. The van der Waals surface area contributed by atoms with Crippen LogP contribution in [0.3, 0.4) is 0 Å². The number of hydrogen-bond acceptors (Lipinski definition) is 5. The van der Waals surface area contributed by atoms with Gasteiger partial charge >= 0.3 is 11.9 Å². The van der Waals surface area contributed by atoms with Gasteiger partial charge in [0, 0.05) is 31.8 Å². The molecule has 1 aromatic heterocycles. The molecular weight excluding hydrogens is 524 g/mol. The number of nitrogens with one attached hydrogen (secondary N) is 1. The van der Waals surface area contributed by atoms with Crippen molar-refractivity contribution in [3.8, 4) is 11.4 Å². The molecule has 39 heavy (non-hydrogen) atoms. The van der Waals surface area contributed by atoms with Crippen molar-refractivity contribution in [3.63, 3.8) is 0 Å². The Kier molecular flexibility index (Phi) is 6.01. The van der Waals surface area contributed by atoms with Crippen LogP contribution in [-0.4, -0.2) is 34.6 Å². The van der Waals surface area contributed by atoms with Gasteiger partial charge in [-0.15, -0.1) is 0 Å². The highest BCUT2D eigenvalue weighted by atomic mass is 19.4. The van der Waals surface area contributed by atoms with E-state index in [4.69, 9.17) is 4.74 Å². The zero-order valence-electron chi connectivity index (χ0n) is 20.3. The minimum Gasteiger partial charge on any atom is -0.481 e. The van der Waals surface area contributed by atoms with Gasteiger partial charge in [-0.05, 0) is 22.9 Å². The average molecular weight is 542 g/mol. The van der Waals surface area contributed by atoms with Gasteiger partial charge in [-0.3, -0.25) is 19.0 Å². The summed E-state index contributed by atoms with van der Waals surface area (Å²) in [6.07, 6.45) is -5.05. The minimum atomic E-state index is -5.05. The molecule has 1 aliphatic heterocycles. The van der Waals surface area contributed by atoms with E-state index in [0.29, 0.717) is 5.39 Å². The Morgan fingerprint density at radius 2 is 1.64 bits per heavy atom. The molecular formula is C26H18F4N4O5. The Labute approximate surface area is 216 Å². The number of rotatable bonds is 3. The molecule has 13 heteroatoms. The predicted octanol–water partition coefficient (Wildman–Crippen LogP) is 3.45. The molecule has 0 unspecified atom stereocenters. The highest BCUT2D eigenvalue weighted by Gasteiger charge is 2.37. The van der Waals surface area contributed by atoms with Crippen LogP contribution in [0, 0.1) is 5.82 Å². The van der Waals surface area contributed by atoms with Crippen LogP contribution in [0.15, 0.2) is 64.2 Å². The Morgan fingerprint density at radius 3 is 2.33 bits per heavy atom. The van der Waals surface area contributed by atoms with Gasteiger partial charge in [0.25, 0.3) is 17.4 Å². The highest BCUT2D eigenvalue weighted by molar-refractivity contribution is 6.12. The van der Waals surface area contributed by atoms with Crippen LogP contribution >= 0.6 is 0 Å². The maximum absolute atomic E-state index is 15.6. The molecule has 0 fully saturated rings. The number of anilines is 2. The number of carbonyl (C=O) groups excluding carboxylic acids is 2. The van der Waals surface area contributed by atoms with E-state index in [2.05, 4.69) is 5.32 Å². The number of likely N-dealkylation sites (N-methyl/N-ethyl adjacent to an activating group) is 1. The molecule has 0 aliphatic carbocycles. The molecule has 0 spiro atoms. The Balaban J connectivity index is 1.76. The summed E-state index contributed by atoms with van der Waals surface area (Å²) < 4.78 is 61.4. The van der Waals surface area contributed by atoms with Gasteiger partial charge in [0.2, 0.25) is 0 Å². The fourth-order valence-electron chi connectivity index (χ4n) is 4.37. The van der Waals surface area contributed by atoms with Gasteiger partial charge in [-0.1, -0.05) is 30.3 Å². The number of carbonyl (C=O) groups is 2. The molecule has 0 bridgehead atoms. The molecule has 4 aromatic rings. The number of alkyl halides is 3. The van der Waals surface area contributed by atoms with Crippen LogP contribution in [0.5, 0.6) is 5.75 Å². The first-order valence-corrected chi connectivity index (χ1v) is 11.3. The summed E-state index contributed by atoms with van der Waals surface area (Å²) in [5.41, 5.74) is -6.03. The lowest BCUT2D eigenvalue weighted by molar-refractivity contribution is -0.144. The second-order valence-electron chi connectivity index (χ2n) is 8.73. The third-order valence-corrected chi connectivity index (χ3v) is 6.34. The highest BCUT2D eigenvalue weighted by Crippen LogP contribution is 2.43. The van der Waals surface area contributed by atoms with E-state index in [1.165, 1.54) is 13.1 Å². The Morgan fingerprint density at radius 1 is 0.949 bits per heavy atom. The van der Waals surface area contributed by atoms with E-state index in [-0.39, 0.29) is 32.2 Å². The molecule has 0 saturated carbocycles. The summed E-state index contributed by atoms with van der Waals surface area (Å²) in [5.74, 6) is -2.86. The topological polar surface area (TPSA) is 103 Å². The van der Waals surface area contributed by atoms with E-state index in [9.17, 15) is 32.3 Å². The first-order valence-electron chi connectivity index (χ1n) is 11.3. The molecule has 5 rings (SSSR count). The number of aromatic nitrogens is 2. The standard InChI is InChI=1S/C26H18F4N4O5/c1-32-18(26(28,29)30)11-19(35)34(25(32)38)22-16(27)10-17-23(33(2)20(36)12-39-17)21(22)31-24(37)15-8-7-13-5-3-4-6-14(13)9-15/h3-11H,12H2,1-2H3,(H,31,37). The van der Waals surface area contributed by atoms with Crippen LogP contribution < -0.4 is 26.2 Å². The van der Waals surface area contributed by atoms with Gasteiger partial charge in [-0.2, -0.15) is 13.2 Å². The van der Waals surface area contributed by atoms with Gasteiger partial charge in [-0.25, -0.2) is 13.8 Å². The van der Waals surface area contributed by atoms with E-state index < -0.39 is 58.7 Å². The van der Waals surface area contributed by atoms with Crippen LogP contribution in [0.4, 0.5) is 28.9 Å². The number of hydrogen-bond donors (Lipinski definition) is 1. The van der Waals surface area contributed by atoms with Crippen molar-refractivity contribution in [2.45, 2.75) is 6.18 Å². The number of nitrogens with zero attached hydrogens (tertiary/aromatic N) is 3. The summed E-state index contributed by atoms with van der Waals surface area (Å²) in [4.78, 5) is 52.7. The second kappa shape index (κ2) is 9.11. The molecule has 3 aromatic carbocycles. The number of amides is 2. The molecule has 200 valence electrons. The summed E-state index contributed by atoms with van der Waals surface area (Å²) in [6.45, 7) is -0.456.